The molecule has 1 heterocycles. The number of carboxylic acids is 1. The Balaban J connectivity index is 1.96. The standard InChI is InChI=1S/C22H19F3N2O5S/c1-27(33(30,31)18-6-3-9-26-12-18)13-15-4-2-5-16(10-15)19-11-17(22(23,24)25)7-8-20(19)32-14-21(28)29/h2-12H,13-14H2,1H3,(H,28,29). The molecule has 0 unspecified atom stereocenters. The van der Waals surface area contributed by atoms with E-state index in [4.69, 9.17) is 9.84 Å². The van der Waals surface area contributed by atoms with Gasteiger partial charge in [-0.2, -0.15) is 17.5 Å². The lowest BCUT2D eigenvalue weighted by molar-refractivity contribution is -0.140. The smallest absolute Gasteiger partial charge is 0.416 e. The molecule has 0 aliphatic carbocycles. The van der Waals surface area contributed by atoms with Gasteiger partial charge in [0.25, 0.3) is 0 Å². The van der Waals surface area contributed by atoms with E-state index in [9.17, 15) is 26.4 Å². The summed E-state index contributed by atoms with van der Waals surface area (Å²) in [6.45, 7) is -0.792. The zero-order chi connectivity index (χ0) is 24.2. The van der Waals surface area contributed by atoms with E-state index in [2.05, 4.69) is 4.98 Å². The zero-order valence-corrected chi connectivity index (χ0v) is 18.1. The molecule has 3 rings (SSSR count). The van der Waals surface area contributed by atoms with Crippen LogP contribution in [-0.4, -0.2) is 42.4 Å². The Kier molecular flexibility index (Phi) is 7.04. The third kappa shape index (κ3) is 5.88. The summed E-state index contributed by atoms with van der Waals surface area (Å²) in [5.41, 5.74) is -0.0808. The molecule has 0 fully saturated rings. The molecular weight excluding hydrogens is 461 g/mol. The number of alkyl halides is 3. The number of rotatable bonds is 8. The van der Waals surface area contributed by atoms with Crippen molar-refractivity contribution < 1.29 is 36.2 Å². The number of carboxylic acid groups (broad SMARTS) is 1. The third-order valence-corrected chi connectivity index (χ3v) is 6.43. The van der Waals surface area contributed by atoms with Crippen LogP contribution in [0.25, 0.3) is 11.1 Å². The average molecular weight is 480 g/mol. The first-order chi connectivity index (χ1) is 15.5. The van der Waals surface area contributed by atoms with Crippen LogP contribution in [0.1, 0.15) is 11.1 Å². The Morgan fingerprint density at radius 2 is 1.88 bits per heavy atom. The van der Waals surface area contributed by atoms with E-state index < -0.39 is 34.3 Å². The van der Waals surface area contributed by atoms with Crippen molar-refractivity contribution in [3.05, 3.63) is 78.1 Å². The lowest BCUT2D eigenvalue weighted by atomic mass is 9.99. The van der Waals surface area contributed by atoms with Crippen molar-refractivity contribution in [1.82, 2.24) is 9.29 Å². The predicted molar refractivity (Wildman–Crippen MR) is 113 cm³/mol. The Hall–Kier alpha value is -3.44. The summed E-state index contributed by atoms with van der Waals surface area (Å²) < 4.78 is 71.5. The van der Waals surface area contributed by atoms with Crippen LogP contribution in [0.5, 0.6) is 5.75 Å². The number of hydrogen-bond donors (Lipinski definition) is 1. The molecule has 7 nitrogen and oxygen atoms in total. The molecule has 0 spiro atoms. The highest BCUT2D eigenvalue weighted by Crippen LogP contribution is 2.37. The minimum Gasteiger partial charge on any atom is -0.481 e. The first kappa shape index (κ1) is 24.2. The maximum atomic E-state index is 13.3. The first-order valence-electron chi connectivity index (χ1n) is 9.50. The van der Waals surface area contributed by atoms with Crippen LogP contribution < -0.4 is 4.74 Å². The van der Waals surface area contributed by atoms with Gasteiger partial charge in [-0.15, -0.1) is 0 Å². The van der Waals surface area contributed by atoms with Gasteiger partial charge in [0.2, 0.25) is 10.0 Å². The fourth-order valence-electron chi connectivity index (χ4n) is 3.06. The lowest BCUT2D eigenvalue weighted by Crippen LogP contribution is -2.26. The van der Waals surface area contributed by atoms with Crippen LogP contribution >= 0.6 is 0 Å². The molecule has 0 aliphatic rings. The van der Waals surface area contributed by atoms with Gasteiger partial charge in [-0.05, 0) is 47.5 Å². The van der Waals surface area contributed by atoms with Gasteiger partial charge in [0.15, 0.2) is 6.61 Å². The highest BCUT2D eigenvalue weighted by Gasteiger charge is 2.31. The van der Waals surface area contributed by atoms with Crippen molar-refractivity contribution in [1.29, 1.82) is 0 Å². The summed E-state index contributed by atoms with van der Waals surface area (Å²) in [5.74, 6) is -1.32. The molecule has 0 saturated heterocycles. The Bertz CT molecular complexity index is 1250. The van der Waals surface area contributed by atoms with Crippen LogP contribution in [0, 0.1) is 0 Å². The maximum absolute atomic E-state index is 13.3. The van der Waals surface area contributed by atoms with Crippen molar-refractivity contribution >= 4 is 16.0 Å². The van der Waals surface area contributed by atoms with Gasteiger partial charge < -0.3 is 9.84 Å². The molecule has 0 radical (unpaired) electrons. The Morgan fingerprint density at radius 3 is 2.52 bits per heavy atom. The van der Waals surface area contributed by atoms with Crippen LogP contribution in [0.4, 0.5) is 13.2 Å². The molecule has 1 N–H and O–H groups in total. The highest BCUT2D eigenvalue weighted by atomic mass is 32.2. The molecule has 0 amide bonds. The molecule has 0 aliphatic heterocycles. The molecule has 1 aromatic heterocycles. The van der Waals surface area contributed by atoms with E-state index >= 15 is 0 Å². The summed E-state index contributed by atoms with van der Waals surface area (Å²) in [5, 5.41) is 8.86. The molecule has 0 bridgehead atoms. The number of ether oxygens (including phenoxy) is 1. The quantitative estimate of drug-likeness (QED) is 0.523. The van der Waals surface area contributed by atoms with Crippen molar-refractivity contribution in [2.75, 3.05) is 13.7 Å². The van der Waals surface area contributed by atoms with E-state index in [1.807, 2.05) is 0 Å². The maximum Gasteiger partial charge on any atom is 0.416 e. The second kappa shape index (κ2) is 9.59. The minimum absolute atomic E-state index is 0.00545. The van der Waals surface area contributed by atoms with Gasteiger partial charge in [0.1, 0.15) is 10.6 Å². The minimum atomic E-state index is -4.62. The molecule has 33 heavy (non-hydrogen) atoms. The summed E-state index contributed by atoms with van der Waals surface area (Å²) in [7, 11) is -2.46. The number of aromatic nitrogens is 1. The number of aliphatic carboxylic acids is 1. The largest absolute Gasteiger partial charge is 0.481 e. The van der Waals surface area contributed by atoms with Crippen molar-refractivity contribution in [2.24, 2.45) is 0 Å². The summed E-state index contributed by atoms with van der Waals surface area (Å²) in [6, 6.07) is 11.9. The average Bonchev–Trinajstić information content (AvgIpc) is 2.77. The molecule has 0 atom stereocenters. The third-order valence-electron chi connectivity index (χ3n) is 4.64. The summed E-state index contributed by atoms with van der Waals surface area (Å²) >= 11 is 0. The number of carbonyl (C=O) groups is 1. The molecule has 11 heteroatoms. The molecule has 0 saturated carbocycles. The van der Waals surface area contributed by atoms with Crippen LogP contribution in [0.3, 0.4) is 0 Å². The van der Waals surface area contributed by atoms with Gasteiger partial charge in [-0.3, -0.25) is 4.98 Å². The Labute approximate surface area is 188 Å². The number of halogens is 3. The number of benzene rings is 2. The highest BCUT2D eigenvalue weighted by molar-refractivity contribution is 7.89. The van der Waals surface area contributed by atoms with Crippen LogP contribution in [0.15, 0.2) is 71.9 Å². The molecular formula is C22H19F3N2O5S. The molecule has 3 aromatic rings. The van der Waals surface area contributed by atoms with Gasteiger partial charge in [0.05, 0.1) is 5.56 Å². The topological polar surface area (TPSA) is 96.8 Å². The summed E-state index contributed by atoms with van der Waals surface area (Å²) in [6.07, 6.45) is -1.95. The lowest BCUT2D eigenvalue weighted by Gasteiger charge is -2.18. The second-order valence-corrected chi connectivity index (χ2v) is 9.09. The number of nitrogens with zero attached hydrogens (tertiary/aromatic N) is 2. The van der Waals surface area contributed by atoms with Gasteiger partial charge in [-0.25, -0.2) is 13.2 Å². The first-order valence-corrected chi connectivity index (χ1v) is 10.9. The predicted octanol–water partition coefficient (Wildman–Crippen LogP) is 4.05. The number of hydrogen-bond acceptors (Lipinski definition) is 5. The van der Waals surface area contributed by atoms with Gasteiger partial charge >= 0.3 is 12.1 Å². The van der Waals surface area contributed by atoms with Gasteiger partial charge in [-0.1, -0.05) is 18.2 Å². The van der Waals surface area contributed by atoms with Crippen LogP contribution in [-0.2, 0) is 27.5 Å². The second-order valence-electron chi connectivity index (χ2n) is 7.04. The van der Waals surface area contributed by atoms with E-state index in [1.54, 1.807) is 12.1 Å². The van der Waals surface area contributed by atoms with Gasteiger partial charge in [0, 0.05) is 31.5 Å². The fourth-order valence-corrected chi connectivity index (χ4v) is 4.18. The molecule has 174 valence electrons. The number of pyridine rings is 1. The molecule has 2 aromatic carbocycles. The van der Waals surface area contributed by atoms with E-state index in [-0.39, 0.29) is 22.8 Å². The summed E-state index contributed by atoms with van der Waals surface area (Å²) in [4.78, 5) is 14.7. The van der Waals surface area contributed by atoms with Crippen molar-refractivity contribution in [2.45, 2.75) is 17.6 Å². The van der Waals surface area contributed by atoms with Crippen molar-refractivity contribution in [3.8, 4) is 16.9 Å². The van der Waals surface area contributed by atoms with E-state index in [0.717, 1.165) is 22.5 Å². The normalized spacial score (nSPS) is 12.0. The van der Waals surface area contributed by atoms with Crippen molar-refractivity contribution in [3.63, 3.8) is 0 Å². The van der Waals surface area contributed by atoms with E-state index in [0.29, 0.717) is 11.1 Å². The fraction of sp³-hybridized carbons (Fsp3) is 0.182. The Morgan fingerprint density at radius 1 is 1.12 bits per heavy atom. The van der Waals surface area contributed by atoms with Crippen LogP contribution in [0.2, 0.25) is 0 Å². The zero-order valence-electron chi connectivity index (χ0n) is 17.3. The number of sulfonamides is 1. The monoisotopic (exact) mass is 480 g/mol. The SMILES string of the molecule is CN(Cc1cccc(-c2cc(C(F)(F)F)ccc2OCC(=O)O)c1)S(=O)(=O)c1cccnc1. The van der Waals surface area contributed by atoms with E-state index in [1.165, 1.54) is 43.7 Å².